The molecule has 0 saturated carbocycles. The van der Waals surface area contributed by atoms with Crippen LogP contribution < -0.4 is 10.6 Å². The van der Waals surface area contributed by atoms with Crippen LogP contribution in [0.4, 0.5) is 11.4 Å². The minimum atomic E-state index is -0.0773. The zero-order valence-electron chi connectivity index (χ0n) is 21.3. The number of ketones is 2. The molecule has 0 spiro atoms. The smallest absolute Gasteiger partial charge is 0.196 e. The average Bonchev–Trinajstić information content (AvgIpc) is 2.96. The Bertz CT molecular complexity index is 1470. The van der Waals surface area contributed by atoms with Crippen molar-refractivity contribution in [2.45, 2.75) is 50.6 Å². The van der Waals surface area contributed by atoms with Crippen molar-refractivity contribution in [1.82, 2.24) is 0 Å². The van der Waals surface area contributed by atoms with Crippen LogP contribution in [0.5, 0.6) is 0 Å². The van der Waals surface area contributed by atoms with Crippen LogP contribution in [0.3, 0.4) is 0 Å². The third-order valence-corrected chi connectivity index (χ3v) is 8.49. The molecule has 0 aromatic heterocycles. The van der Waals surface area contributed by atoms with E-state index in [1.807, 2.05) is 24.3 Å². The van der Waals surface area contributed by atoms with E-state index in [-0.39, 0.29) is 23.7 Å². The van der Waals surface area contributed by atoms with E-state index in [9.17, 15) is 9.59 Å². The Morgan fingerprint density at radius 1 is 0.500 bits per heavy atom. The number of hydrogen-bond donors (Lipinski definition) is 2. The number of nitrogens with one attached hydrogen (secondary N) is 2. The monoisotopic (exact) mass is 498 g/mol. The summed E-state index contributed by atoms with van der Waals surface area (Å²) in [5.41, 5.74) is 9.04. The van der Waals surface area contributed by atoms with Crippen LogP contribution in [0.2, 0.25) is 0 Å². The van der Waals surface area contributed by atoms with Gasteiger partial charge >= 0.3 is 0 Å². The van der Waals surface area contributed by atoms with Gasteiger partial charge in [0.05, 0.1) is 11.1 Å². The van der Waals surface area contributed by atoms with Crippen molar-refractivity contribution < 1.29 is 9.59 Å². The van der Waals surface area contributed by atoms with Crippen LogP contribution in [-0.4, -0.2) is 23.7 Å². The molecule has 2 unspecified atom stereocenters. The second-order valence-electron chi connectivity index (χ2n) is 10.8. The van der Waals surface area contributed by atoms with Crippen molar-refractivity contribution in [2.24, 2.45) is 0 Å². The Labute approximate surface area is 223 Å². The van der Waals surface area contributed by atoms with E-state index in [4.69, 9.17) is 0 Å². The lowest BCUT2D eigenvalue weighted by atomic mass is 9.81. The SMILES string of the molecule is O=C1c2ccccc2C(=O)c2c(NC3CCc4ccccc4C3)ccc(NC3CCc4ccccc4C3)c21. The molecule has 2 atom stereocenters. The van der Waals surface area contributed by atoms with Crippen LogP contribution >= 0.6 is 0 Å². The lowest BCUT2D eigenvalue weighted by molar-refractivity contribution is 0.0980. The quantitative estimate of drug-likeness (QED) is 0.301. The molecule has 4 heteroatoms. The van der Waals surface area contributed by atoms with Gasteiger partial charge in [0.1, 0.15) is 0 Å². The van der Waals surface area contributed by atoms with Crippen molar-refractivity contribution in [2.75, 3.05) is 10.6 Å². The first-order valence-electron chi connectivity index (χ1n) is 13.7. The molecular formula is C34H30N2O2. The number of hydrogen-bond acceptors (Lipinski definition) is 4. The maximum atomic E-state index is 13.9. The molecule has 3 aliphatic carbocycles. The second-order valence-corrected chi connectivity index (χ2v) is 10.8. The molecule has 0 fully saturated rings. The summed E-state index contributed by atoms with van der Waals surface area (Å²) in [6.45, 7) is 0. The van der Waals surface area contributed by atoms with Crippen LogP contribution in [0.1, 0.15) is 66.9 Å². The fraction of sp³-hybridized carbons (Fsp3) is 0.235. The fourth-order valence-corrected chi connectivity index (χ4v) is 6.55. The van der Waals surface area contributed by atoms with Gasteiger partial charge in [-0.15, -0.1) is 0 Å². The average molecular weight is 499 g/mol. The van der Waals surface area contributed by atoms with Gasteiger partial charge in [0.25, 0.3) is 0 Å². The molecular weight excluding hydrogens is 468 g/mol. The van der Waals surface area contributed by atoms with E-state index in [0.717, 1.165) is 49.9 Å². The van der Waals surface area contributed by atoms with Crippen molar-refractivity contribution in [3.05, 3.63) is 129 Å². The summed E-state index contributed by atoms with van der Waals surface area (Å²) in [5.74, 6) is -0.155. The molecule has 7 rings (SSSR count). The molecule has 0 bridgehead atoms. The summed E-state index contributed by atoms with van der Waals surface area (Å²) in [4.78, 5) is 27.8. The fourth-order valence-electron chi connectivity index (χ4n) is 6.55. The molecule has 0 radical (unpaired) electrons. The number of carbonyl (C=O) groups excluding carboxylic acids is 2. The largest absolute Gasteiger partial charge is 0.381 e. The van der Waals surface area contributed by atoms with E-state index >= 15 is 0 Å². The summed E-state index contributed by atoms with van der Waals surface area (Å²) in [6.07, 6.45) is 5.82. The van der Waals surface area contributed by atoms with Crippen LogP contribution in [0.25, 0.3) is 0 Å². The lowest BCUT2D eigenvalue weighted by Gasteiger charge is -2.31. The minimum absolute atomic E-state index is 0.0773. The van der Waals surface area contributed by atoms with Gasteiger partial charge in [-0.25, -0.2) is 0 Å². The highest BCUT2D eigenvalue weighted by molar-refractivity contribution is 6.31. The lowest BCUT2D eigenvalue weighted by Crippen LogP contribution is -2.32. The van der Waals surface area contributed by atoms with Gasteiger partial charge in [-0.05, 0) is 72.9 Å². The third-order valence-electron chi connectivity index (χ3n) is 8.49. The number of aryl methyl sites for hydroxylation is 2. The zero-order valence-corrected chi connectivity index (χ0v) is 21.3. The molecule has 3 aliphatic rings. The molecule has 4 aromatic rings. The molecule has 0 saturated heterocycles. The molecule has 188 valence electrons. The maximum absolute atomic E-state index is 13.9. The standard InChI is InChI=1S/C34H30N2O2/c37-33-27-11-5-6-12-28(27)34(38)32-30(36-26-16-14-22-8-2-4-10-24(22)20-26)18-17-29(31(32)33)35-25-15-13-21-7-1-3-9-23(21)19-25/h1-12,17-18,25-26,35-36H,13-16,19-20H2. The van der Waals surface area contributed by atoms with E-state index < -0.39 is 0 Å². The van der Waals surface area contributed by atoms with Gasteiger partial charge in [-0.2, -0.15) is 0 Å². The van der Waals surface area contributed by atoms with Crippen molar-refractivity contribution >= 4 is 22.9 Å². The first-order valence-corrected chi connectivity index (χ1v) is 13.7. The van der Waals surface area contributed by atoms with Crippen LogP contribution in [0.15, 0.2) is 84.9 Å². The Hall–Kier alpha value is -4.18. The predicted molar refractivity (Wildman–Crippen MR) is 152 cm³/mol. The van der Waals surface area contributed by atoms with Gasteiger partial charge in [0, 0.05) is 34.6 Å². The molecule has 2 N–H and O–H groups in total. The Morgan fingerprint density at radius 3 is 1.34 bits per heavy atom. The molecule has 0 aliphatic heterocycles. The normalized spacial score (nSPS) is 19.6. The number of rotatable bonds is 4. The Morgan fingerprint density at radius 2 is 0.895 bits per heavy atom. The third kappa shape index (κ3) is 3.92. The summed E-state index contributed by atoms with van der Waals surface area (Å²) in [7, 11) is 0. The molecule has 0 heterocycles. The van der Waals surface area contributed by atoms with E-state index in [1.54, 1.807) is 12.1 Å². The van der Waals surface area contributed by atoms with E-state index in [0.29, 0.717) is 22.3 Å². The molecule has 4 nitrogen and oxygen atoms in total. The molecule has 4 aromatic carbocycles. The highest BCUT2D eigenvalue weighted by Gasteiger charge is 2.35. The van der Waals surface area contributed by atoms with Gasteiger partial charge in [-0.1, -0.05) is 72.8 Å². The van der Waals surface area contributed by atoms with Gasteiger partial charge < -0.3 is 10.6 Å². The number of fused-ring (bicyclic) bond motifs is 4. The van der Waals surface area contributed by atoms with Gasteiger partial charge in [-0.3, -0.25) is 9.59 Å². The number of carbonyl (C=O) groups is 2. The summed E-state index contributed by atoms with van der Waals surface area (Å²) >= 11 is 0. The maximum Gasteiger partial charge on any atom is 0.196 e. The Kier molecular flexibility index (Phi) is 5.61. The molecule has 0 amide bonds. The van der Waals surface area contributed by atoms with Crippen LogP contribution in [-0.2, 0) is 25.7 Å². The summed E-state index contributed by atoms with van der Waals surface area (Å²) < 4.78 is 0. The molecule has 38 heavy (non-hydrogen) atoms. The van der Waals surface area contributed by atoms with Gasteiger partial charge in [0.2, 0.25) is 0 Å². The minimum Gasteiger partial charge on any atom is -0.381 e. The van der Waals surface area contributed by atoms with Gasteiger partial charge in [0.15, 0.2) is 11.6 Å². The van der Waals surface area contributed by atoms with Crippen LogP contribution in [0, 0.1) is 0 Å². The van der Waals surface area contributed by atoms with Crippen molar-refractivity contribution in [3.63, 3.8) is 0 Å². The highest BCUT2D eigenvalue weighted by Crippen LogP contribution is 2.38. The number of anilines is 2. The van der Waals surface area contributed by atoms with E-state index in [2.05, 4.69) is 59.2 Å². The highest BCUT2D eigenvalue weighted by atomic mass is 16.1. The topological polar surface area (TPSA) is 58.2 Å². The van der Waals surface area contributed by atoms with E-state index in [1.165, 1.54) is 22.3 Å². The first-order chi connectivity index (χ1) is 18.7. The second kappa shape index (κ2) is 9.29. The number of benzene rings is 4. The van der Waals surface area contributed by atoms with Crippen molar-refractivity contribution in [3.8, 4) is 0 Å². The first kappa shape index (κ1) is 23.0. The Balaban J connectivity index is 1.25. The summed E-state index contributed by atoms with van der Waals surface area (Å²) in [6, 6.07) is 28.8. The zero-order chi connectivity index (χ0) is 25.6. The predicted octanol–water partition coefficient (Wildman–Crippen LogP) is 6.40. The van der Waals surface area contributed by atoms with Crippen molar-refractivity contribution in [1.29, 1.82) is 0 Å². The summed E-state index contributed by atoms with van der Waals surface area (Å²) in [5, 5.41) is 7.35.